The van der Waals surface area contributed by atoms with Gasteiger partial charge in [0.05, 0.1) is 5.41 Å². The highest BCUT2D eigenvalue weighted by Gasteiger charge is 2.44. The number of carbonyl (C=O) groups is 1. The van der Waals surface area contributed by atoms with E-state index in [1.54, 1.807) is 0 Å². The van der Waals surface area contributed by atoms with Gasteiger partial charge in [-0.15, -0.1) is 0 Å². The number of aliphatic carboxylic acids is 1. The quantitative estimate of drug-likeness (QED) is 0.801. The summed E-state index contributed by atoms with van der Waals surface area (Å²) >= 11 is 3.55. The van der Waals surface area contributed by atoms with Crippen molar-refractivity contribution in [3.8, 4) is 0 Å². The first kappa shape index (κ1) is 16.5. The normalized spacial score (nSPS) is 26.6. The van der Waals surface area contributed by atoms with E-state index in [0.717, 1.165) is 35.7 Å². The number of halogens is 1. The summed E-state index contributed by atoms with van der Waals surface area (Å²) in [7, 11) is 0. The fourth-order valence-electron chi connectivity index (χ4n) is 3.51. The Balaban J connectivity index is 2.17. The molecule has 0 heterocycles. The van der Waals surface area contributed by atoms with Crippen LogP contribution in [0, 0.1) is 16.7 Å². The van der Waals surface area contributed by atoms with E-state index in [2.05, 4.69) is 36.7 Å². The molecule has 0 aliphatic heterocycles. The van der Waals surface area contributed by atoms with Crippen molar-refractivity contribution in [3.63, 3.8) is 0 Å². The molecular weight excluding hydrogens is 328 g/mol. The van der Waals surface area contributed by atoms with Crippen molar-refractivity contribution in [1.82, 2.24) is 0 Å². The van der Waals surface area contributed by atoms with Crippen molar-refractivity contribution in [2.75, 3.05) is 0 Å². The van der Waals surface area contributed by atoms with Crippen LogP contribution in [0.1, 0.15) is 52.0 Å². The predicted octanol–water partition coefficient (Wildman–Crippen LogP) is 5.30. The van der Waals surface area contributed by atoms with Gasteiger partial charge in [0.25, 0.3) is 0 Å². The first-order chi connectivity index (χ1) is 9.74. The second-order valence-corrected chi connectivity index (χ2v) is 8.35. The Bertz CT molecular complexity index is 508. The zero-order valence-electron chi connectivity index (χ0n) is 13.2. The minimum absolute atomic E-state index is 0.276. The minimum Gasteiger partial charge on any atom is -0.481 e. The third kappa shape index (κ3) is 3.68. The minimum atomic E-state index is -0.634. The van der Waals surface area contributed by atoms with Crippen molar-refractivity contribution in [2.45, 2.75) is 52.9 Å². The van der Waals surface area contributed by atoms with Gasteiger partial charge in [-0.2, -0.15) is 0 Å². The van der Waals surface area contributed by atoms with E-state index in [1.165, 1.54) is 0 Å². The fraction of sp³-hybridized carbons (Fsp3) is 0.611. The number of rotatable bonds is 3. The van der Waals surface area contributed by atoms with Crippen molar-refractivity contribution < 1.29 is 9.90 Å². The van der Waals surface area contributed by atoms with Crippen LogP contribution in [0.4, 0.5) is 0 Å². The van der Waals surface area contributed by atoms with Gasteiger partial charge in [0.2, 0.25) is 0 Å². The van der Waals surface area contributed by atoms with Crippen LogP contribution in [0.2, 0.25) is 0 Å². The molecular formula is C18H25BrO2. The van der Waals surface area contributed by atoms with Gasteiger partial charge in [-0.05, 0) is 55.1 Å². The molecule has 0 spiro atoms. The molecule has 0 radical (unpaired) electrons. The van der Waals surface area contributed by atoms with Gasteiger partial charge >= 0.3 is 5.97 Å². The number of hydrogen-bond acceptors (Lipinski definition) is 1. The van der Waals surface area contributed by atoms with E-state index in [9.17, 15) is 9.90 Å². The third-order valence-electron chi connectivity index (χ3n) is 5.11. The van der Waals surface area contributed by atoms with Gasteiger partial charge in [0.15, 0.2) is 0 Å². The van der Waals surface area contributed by atoms with Crippen molar-refractivity contribution in [3.05, 3.63) is 34.3 Å². The summed E-state index contributed by atoms with van der Waals surface area (Å²) in [4.78, 5) is 11.9. The van der Waals surface area contributed by atoms with Crippen LogP contribution in [-0.2, 0) is 11.2 Å². The van der Waals surface area contributed by atoms with Crippen molar-refractivity contribution in [2.24, 2.45) is 16.7 Å². The van der Waals surface area contributed by atoms with Crippen LogP contribution >= 0.6 is 15.9 Å². The summed E-state index contributed by atoms with van der Waals surface area (Å²) in [5.41, 5.74) is 0.790. The Morgan fingerprint density at radius 3 is 2.33 bits per heavy atom. The molecule has 0 aromatic heterocycles. The van der Waals surface area contributed by atoms with Crippen LogP contribution in [0.15, 0.2) is 28.7 Å². The van der Waals surface area contributed by atoms with Crippen LogP contribution in [0.25, 0.3) is 0 Å². The molecule has 0 bridgehead atoms. The fourth-order valence-corrected chi connectivity index (χ4v) is 3.93. The van der Waals surface area contributed by atoms with E-state index in [1.807, 2.05) is 24.3 Å². The second kappa shape index (κ2) is 6.12. The van der Waals surface area contributed by atoms with Gasteiger partial charge in [0.1, 0.15) is 0 Å². The standard InChI is InChI=1S/C18H25BrO2/c1-17(2,3)14-8-10-18(11-9-14,16(20)21)12-13-6-4-5-7-15(13)19/h4-7,14H,8-12H2,1-3H3,(H,20,21). The molecule has 1 aliphatic carbocycles. The maximum atomic E-state index is 11.9. The Kier molecular flexibility index (Phi) is 4.82. The molecule has 1 aliphatic rings. The molecule has 0 atom stereocenters. The highest BCUT2D eigenvalue weighted by Crippen LogP contribution is 2.47. The zero-order chi connectivity index (χ0) is 15.7. The average molecular weight is 353 g/mol. The molecule has 0 saturated heterocycles. The average Bonchev–Trinajstić information content (AvgIpc) is 2.41. The Morgan fingerprint density at radius 2 is 1.86 bits per heavy atom. The lowest BCUT2D eigenvalue weighted by Gasteiger charge is -2.42. The number of carboxylic acid groups (broad SMARTS) is 1. The molecule has 0 amide bonds. The number of benzene rings is 1. The predicted molar refractivity (Wildman–Crippen MR) is 89.3 cm³/mol. The maximum Gasteiger partial charge on any atom is 0.309 e. The Morgan fingerprint density at radius 1 is 1.29 bits per heavy atom. The highest BCUT2D eigenvalue weighted by atomic mass is 79.9. The summed E-state index contributed by atoms with van der Waals surface area (Å²) < 4.78 is 1.02. The molecule has 1 N–H and O–H groups in total. The largest absolute Gasteiger partial charge is 0.481 e. The van der Waals surface area contributed by atoms with Crippen LogP contribution in [-0.4, -0.2) is 11.1 Å². The van der Waals surface area contributed by atoms with Gasteiger partial charge in [-0.1, -0.05) is 54.9 Å². The van der Waals surface area contributed by atoms with Gasteiger partial charge < -0.3 is 5.11 Å². The number of hydrogen-bond donors (Lipinski definition) is 1. The lowest BCUT2D eigenvalue weighted by atomic mass is 9.62. The van der Waals surface area contributed by atoms with E-state index in [-0.39, 0.29) is 5.41 Å². The molecule has 1 aromatic rings. The molecule has 2 rings (SSSR count). The van der Waals surface area contributed by atoms with E-state index >= 15 is 0 Å². The Labute approximate surface area is 136 Å². The van der Waals surface area contributed by atoms with Gasteiger partial charge in [0, 0.05) is 4.47 Å². The second-order valence-electron chi connectivity index (χ2n) is 7.49. The van der Waals surface area contributed by atoms with E-state index in [4.69, 9.17) is 0 Å². The molecule has 0 unspecified atom stereocenters. The topological polar surface area (TPSA) is 37.3 Å². The maximum absolute atomic E-state index is 11.9. The molecule has 116 valence electrons. The molecule has 21 heavy (non-hydrogen) atoms. The SMILES string of the molecule is CC(C)(C)C1CCC(Cc2ccccc2Br)(C(=O)O)CC1. The molecule has 1 fully saturated rings. The van der Waals surface area contributed by atoms with Crippen molar-refractivity contribution >= 4 is 21.9 Å². The highest BCUT2D eigenvalue weighted by molar-refractivity contribution is 9.10. The van der Waals surface area contributed by atoms with E-state index in [0.29, 0.717) is 12.3 Å². The van der Waals surface area contributed by atoms with Crippen LogP contribution in [0.3, 0.4) is 0 Å². The van der Waals surface area contributed by atoms with E-state index < -0.39 is 11.4 Å². The van der Waals surface area contributed by atoms with Crippen LogP contribution in [0.5, 0.6) is 0 Å². The summed E-state index contributed by atoms with van der Waals surface area (Å²) in [6.07, 6.45) is 4.22. The summed E-state index contributed by atoms with van der Waals surface area (Å²) in [6, 6.07) is 7.98. The zero-order valence-corrected chi connectivity index (χ0v) is 14.7. The summed E-state index contributed by atoms with van der Waals surface area (Å²) in [5.74, 6) is -0.00481. The lowest BCUT2D eigenvalue weighted by Crippen LogP contribution is -2.39. The Hall–Kier alpha value is -0.830. The van der Waals surface area contributed by atoms with Gasteiger partial charge in [-0.25, -0.2) is 0 Å². The molecule has 3 heteroatoms. The first-order valence-corrected chi connectivity index (χ1v) is 8.51. The lowest BCUT2D eigenvalue weighted by molar-refractivity contribution is -0.152. The smallest absolute Gasteiger partial charge is 0.309 e. The summed E-state index contributed by atoms with van der Waals surface area (Å²) in [6.45, 7) is 6.79. The molecule has 1 aromatic carbocycles. The first-order valence-electron chi connectivity index (χ1n) is 7.71. The molecule has 2 nitrogen and oxygen atoms in total. The molecule has 1 saturated carbocycles. The third-order valence-corrected chi connectivity index (χ3v) is 5.88. The monoisotopic (exact) mass is 352 g/mol. The van der Waals surface area contributed by atoms with Gasteiger partial charge in [-0.3, -0.25) is 4.79 Å². The van der Waals surface area contributed by atoms with Crippen molar-refractivity contribution in [1.29, 1.82) is 0 Å². The van der Waals surface area contributed by atoms with Crippen LogP contribution < -0.4 is 0 Å². The number of carboxylic acids is 1. The summed E-state index contributed by atoms with van der Waals surface area (Å²) in [5, 5.41) is 9.81.